The highest BCUT2D eigenvalue weighted by molar-refractivity contribution is 7.19. The fourth-order valence-electron chi connectivity index (χ4n) is 0.0778. The second-order valence-electron chi connectivity index (χ2n) is 0.558. The summed E-state index contributed by atoms with van der Waals surface area (Å²) in [5.74, 6) is 8.53. The van der Waals surface area contributed by atoms with E-state index in [-0.39, 0.29) is 0 Å². The van der Waals surface area contributed by atoms with Crippen LogP contribution in [0.25, 0.3) is 0 Å². The number of hydrogen-bond acceptors (Lipinski definition) is 0. The van der Waals surface area contributed by atoms with Crippen LogP contribution in [-0.4, -0.2) is 5.80 Å². The van der Waals surface area contributed by atoms with Gasteiger partial charge in [0.05, 0.1) is 0 Å². The van der Waals surface area contributed by atoms with E-state index < -0.39 is 0 Å². The average molecular weight is 94.1 g/mol. The molecule has 0 bridgehead atoms. The minimum atomic E-state index is 1.51. The summed E-state index contributed by atoms with van der Waals surface area (Å²) in [6.45, 7) is 0. The zero-order valence-corrected chi connectivity index (χ0v) is 4.15. The van der Waals surface area contributed by atoms with E-state index in [0.717, 1.165) is 0 Å². The number of hydrogen-bond donors (Lipinski definition) is 0. The quantitative estimate of drug-likeness (QED) is 0.304. The SMILES string of the molecule is C#CC#CC=P. The first kappa shape index (κ1) is 5.29. The van der Waals surface area contributed by atoms with E-state index in [1.54, 1.807) is 0 Å². The van der Waals surface area contributed by atoms with Crippen molar-refractivity contribution in [2.45, 2.75) is 0 Å². The van der Waals surface area contributed by atoms with Gasteiger partial charge in [-0.05, 0) is 11.8 Å². The van der Waals surface area contributed by atoms with Crippen molar-refractivity contribution < 1.29 is 0 Å². The number of rotatable bonds is 0. The van der Waals surface area contributed by atoms with Crippen molar-refractivity contribution in [2.24, 2.45) is 0 Å². The van der Waals surface area contributed by atoms with Crippen LogP contribution in [0.15, 0.2) is 0 Å². The first-order valence-corrected chi connectivity index (χ1v) is 1.94. The Morgan fingerprint density at radius 3 is 2.50 bits per heavy atom. The summed E-state index contributed by atoms with van der Waals surface area (Å²) in [5.41, 5.74) is 0. The standard InChI is InChI=1S/C5H3P/c1-2-3-4-5-6/h1,5-6H. The van der Waals surface area contributed by atoms with Crippen LogP contribution in [0.4, 0.5) is 0 Å². The van der Waals surface area contributed by atoms with E-state index in [9.17, 15) is 0 Å². The van der Waals surface area contributed by atoms with E-state index in [4.69, 9.17) is 6.42 Å². The van der Waals surface area contributed by atoms with Crippen LogP contribution in [0.3, 0.4) is 0 Å². The fraction of sp³-hybridized carbons (Fsp3) is 0. The van der Waals surface area contributed by atoms with Gasteiger partial charge in [0.15, 0.2) is 0 Å². The molecule has 0 aromatic heterocycles. The lowest BCUT2D eigenvalue weighted by Gasteiger charge is -1.47. The molecule has 0 saturated carbocycles. The molecule has 0 saturated heterocycles. The van der Waals surface area contributed by atoms with E-state index in [2.05, 4.69) is 26.6 Å². The van der Waals surface area contributed by atoms with Gasteiger partial charge in [-0.1, -0.05) is 5.92 Å². The Kier molecular flexibility index (Phi) is 3.78. The fourth-order valence-corrected chi connectivity index (χ4v) is 0.150. The Hall–Kier alpha value is -0.710. The van der Waals surface area contributed by atoms with Gasteiger partial charge < -0.3 is 0 Å². The zero-order chi connectivity index (χ0) is 4.83. The summed E-state index contributed by atoms with van der Waals surface area (Å²) in [6.07, 6.45) is 4.75. The molecule has 1 heteroatoms. The highest BCUT2D eigenvalue weighted by atomic mass is 31.0. The van der Waals surface area contributed by atoms with Gasteiger partial charge in [-0.3, -0.25) is 0 Å². The van der Waals surface area contributed by atoms with Crippen molar-refractivity contribution in [3.63, 3.8) is 0 Å². The summed E-state index contributed by atoms with van der Waals surface area (Å²) in [4.78, 5) is 0. The second-order valence-corrected chi connectivity index (χ2v) is 0.847. The van der Waals surface area contributed by atoms with Crippen LogP contribution in [0, 0.1) is 24.2 Å². The average Bonchev–Trinajstić information content (AvgIpc) is 1.61. The molecule has 0 aromatic rings. The maximum absolute atomic E-state index is 4.75. The molecule has 0 aliphatic heterocycles. The molecule has 0 rings (SSSR count). The van der Waals surface area contributed by atoms with Crippen LogP contribution in [0.1, 0.15) is 0 Å². The monoisotopic (exact) mass is 94.0 g/mol. The van der Waals surface area contributed by atoms with Crippen molar-refractivity contribution >= 4 is 14.7 Å². The highest BCUT2D eigenvalue weighted by Gasteiger charge is 1.42. The molecule has 0 nitrogen and oxygen atoms in total. The molecular weight excluding hydrogens is 91.0 g/mol. The van der Waals surface area contributed by atoms with Crippen LogP contribution in [-0.2, 0) is 0 Å². The summed E-state index contributed by atoms with van der Waals surface area (Å²) < 4.78 is 0. The zero-order valence-electron chi connectivity index (χ0n) is 3.15. The van der Waals surface area contributed by atoms with Crippen LogP contribution >= 0.6 is 8.86 Å². The molecule has 6 heavy (non-hydrogen) atoms. The van der Waals surface area contributed by atoms with Crippen LogP contribution in [0.2, 0.25) is 0 Å². The minimum absolute atomic E-state index is 1.51. The maximum Gasteiger partial charge on any atom is 0.00921 e. The van der Waals surface area contributed by atoms with Gasteiger partial charge in [-0.25, -0.2) is 0 Å². The topological polar surface area (TPSA) is 0 Å². The van der Waals surface area contributed by atoms with Gasteiger partial charge in [-0.15, -0.1) is 15.3 Å². The van der Waals surface area contributed by atoms with Gasteiger partial charge in [0, 0.05) is 5.80 Å². The normalized spacial score (nSPS) is 3.83. The van der Waals surface area contributed by atoms with E-state index in [1.165, 1.54) is 5.80 Å². The predicted octanol–water partition coefficient (Wildman–Crippen LogP) is 0.568. The lowest BCUT2D eigenvalue weighted by Crippen LogP contribution is -1.48. The molecule has 0 radical (unpaired) electrons. The summed E-state index contributed by atoms with van der Waals surface area (Å²) in [7, 11) is 3.00. The molecule has 0 heterocycles. The first-order chi connectivity index (χ1) is 2.91. The van der Waals surface area contributed by atoms with Crippen molar-refractivity contribution in [3.8, 4) is 24.2 Å². The van der Waals surface area contributed by atoms with Crippen molar-refractivity contribution in [1.82, 2.24) is 0 Å². The summed E-state index contributed by atoms with van der Waals surface area (Å²) >= 11 is 0. The Morgan fingerprint density at radius 2 is 2.33 bits per heavy atom. The number of terminal acetylenes is 1. The van der Waals surface area contributed by atoms with Gasteiger partial charge in [0.2, 0.25) is 0 Å². The van der Waals surface area contributed by atoms with E-state index >= 15 is 0 Å². The highest BCUT2D eigenvalue weighted by Crippen LogP contribution is 1.50. The third-order valence-corrected chi connectivity index (χ3v) is 0.361. The van der Waals surface area contributed by atoms with Gasteiger partial charge in [0.25, 0.3) is 0 Å². The first-order valence-electron chi connectivity index (χ1n) is 1.37. The largest absolute Gasteiger partial charge is 0.113 e. The smallest absolute Gasteiger partial charge is 0.00921 e. The van der Waals surface area contributed by atoms with Crippen molar-refractivity contribution in [2.75, 3.05) is 0 Å². The molecule has 0 amide bonds. The predicted molar refractivity (Wildman–Crippen MR) is 31.0 cm³/mol. The lowest BCUT2D eigenvalue weighted by molar-refractivity contribution is 2.57. The molecule has 28 valence electrons. The minimum Gasteiger partial charge on any atom is -0.113 e. The lowest BCUT2D eigenvalue weighted by atomic mass is 10.6. The molecule has 0 fully saturated rings. The molecule has 0 unspecified atom stereocenters. The van der Waals surface area contributed by atoms with Gasteiger partial charge in [0.1, 0.15) is 0 Å². The van der Waals surface area contributed by atoms with Crippen LogP contribution in [0.5, 0.6) is 0 Å². The Labute approximate surface area is 39.8 Å². The molecule has 0 N–H and O–H groups in total. The molecule has 0 aromatic carbocycles. The van der Waals surface area contributed by atoms with E-state index in [1.807, 2.05) is 0 Å². The molecular formula is C5H3P. The maximum atomic E-state index is 4.75. The van der Waals surface area contributed by atoms with Crippen molar-refractivity contribution in [1.29, 1.82) is 0 Å². The molecule has 0 aliphatic rings. The summed E-state index contributed by atoms with van der Waals surface area (Å²) in [5, 5.41) is 0. The van der Waals surface area contributed by atoms with Crippen molar-refractivity contribution in [3.05, 3.63) is 0 Å². The third-order valence-electron chi connectivity index (χ3n) is 0.217. The van der Waals surface area contributed by atoms with Gasteiger partial charge in [-0.2, -0.15) is 0 Å². The van der Waals surface area contributed by atoms with E-state index in [0.29, 0.717) is 0 Å². The third kappa shape index (κ3) is 3.29. The Bertz CT molecular complexity index is 128. The molecule has 0 atom stereocenters. The molecule has 0 aliphatic carbocycles. The Balaban J connectivity index is 3.50. The van der Waals surface area contributed by atoms with Crippen LogP contribution < -0.4 is 0 Å². The second kappa shape index (κ2) is 4.29. The summed E-state index contributed by atoms with van der Waals surface area (Å²) in [6, 6.07) is 0. The van der Waals surface area contributed by atoms with Gasteiger partial charge >= 0.3 is 0 Å². The Morgan fingerprint density at radius 1 is 1.67 bits per heavy atom. The molecule has 0 spiro atoms.